The van der Waals surface area contributed by atoms with Gasteiger partial charge in [0.05, 0.1) is 12.1 Å². The summed E-state index contributed by atoms with van der Waals surface area (Å²) in [5.41, 5.74) is 10.0. The largest absolute Gasteiger partial charge is 0.399 e. The van der Waals surface area contributed by atoms with Crippen LogP contribution in [-0.2, 0) is 17.6 Å². The zero-order chi connectivity index (χ0) is 9.00. The van der Waals surface area contributed by atoms with Crippen LogP contribution in [0, 0.1) is 0 Å². The molecule has 0 aromatic heterocycles. The van der Waals surface area contributed by atoms with E-state index in [2.05, 4.69) is 0 Å². The van der Waals surface area contributed by atoms with Crippen LogP contribution < -0.4 is 10.6 Å². The first kappa shape index (κ1) is 6.95. The minimum absolute atomic E-state index is 0.222. The van der Waals surface area contributed by atoms with Gasteiger partial charge in [-0.1, -0.05) is 0 Å². The van der Waals surface area contributed by atoms with Gasteiger partial charge in [-0.05, 0) is 29.7 Å². The molecule has 3 rings (SSSR count). The third-order valence-electron chi connectivity index (χ3n) is 2.81. The Hall–Kier alpha value is -1.51. The van der Waals surface area contributed by atoms with Crippen molar-refractivity contribution in [2.75, 3.05) is 17.2 Å². The Kier molecular flexibility index (Phi) is 1.09. The molecule has 66 valence electrons. The van der Waals surface area contributed by atoms with E-state index in [4.69, 9.17) is 5.73 Å². The van der Waals surface area contributed by atoms with Crippen molar-refractivity contribution in [3.63, 3.8) is 0 Å². The molecule has 13 heavy (non-hydrogen) atoms. The molecule has 2 aliphatic rings. The number of amides is 1. The van der Waals surface area contributed by atoms with E-state index >= 15 is 0 Å². The number of carbonyl (C=O) groups is 1. The zero-order valence-corrected chi connectivity index (χ0v) is 7.21. The van der Waals surface area contributed by atoms with Gasteiger partial charge < -0.3 is 10.6 Å². The molecule has 2 aliphatic heterocycles. The maximum Gasteiger partial charge on any atom is 0.231 e. The van der Waals surface area contributed by atoms with Gasteiger partial charge in [0.2, 0.25) is 5.91 Å². The molecule has 0 saturated heterocycles. The van der Waals surface area contributed by atoms with Crippen molar-refractivity contribution in [1.82, 2.24) is 0 Å². The minimum atomic E-state index is 0.222. The summed E-state index contributed by atoms with van der Waals surface area (Å²) in [5, 5.41) is 0. The molecule has 0 bridgehead atoms. The summed E-state index contributed by atoms with van der Waals surface area (Å²) in [6.07, 6.45) is 1.49. The standard InChI is InChI=1S/C10H10N2O/c11-8-3-6-1-2-12-9(13)5-7(4-8)10(6)12/h3-4H,1-2,5,11H2. The van der Waals surface area contributed by atoms with Crippen LogP contribution in [0.3, 0.4) is 0 Å². The van der Waals surface area contributed by atoms with Gasteiger partial charge in [0, 0.05) is 12.2 Å². The van der Waals surface area contributed by atoms with Crippen molar-refractivity contribution in [2.24, 2.45) is 0 Å². The topological polar surface area (TPSA) is 46.3 Å². The van der Waals surface area contributed by atoms with Crippen molar-refractivity contribution in [2.45, 2.75) is 12.8 Å². The van der Waals surface area contributed by atoms with Gasteiger partial charge in [-0.15, -0.1) is 0 Å². The lowest BCUT2D eigenvalue weighted by molar-refractivity contribution is -0.117. The molecule has 0 saturated carbocycles. The summed E-state index contributed by atoms with van der Waals surface area (Å²) in [7, 11) is 0. The summed E-state index contributed by atoms with van der Waals surface area (Å²) < 4.78 is 0. The molecular formula is C10H10N2O. The molecule has 3 nitrogen and oxygen atoms in total. The Morgan fingerprint density at radius 1 is 1.31 bits per heavy atom. The summed E-state index contributed by atoms with van der Waals surface area (Å²) in [6.45, 7) is 0.838. The molecule has 1 amide bonds. The number of anilines is 2. The molecule has 0 fully saturated rings. The van der Waals surface area contributed by atoms with Crippen LogP contribution in [0.4, 0.5) is 11.4 Å². The Labute approximate surface area is 76.1 Å². The van der Waals surface area contributed by atoms with Crippen LogP contribution in [0.2, 0.25) is 0 Å². The molecule has 0 aliphatic carbocycles. The molecule has 0 unspecified atom stereocenters. The van der Waals surface area contributed by atoms with E-state index in [0.717, 1.165) is 29.9 Å². The van der Waals surface area contributed by atoms with Gasteiger partial charge >= 0.3 is 0 Å². The van der Waals surface area contributed by atoms with Crippen LogP contribution in [-0.4, -0.2) is 12.5 Å². The van der Waals surface area contributed by atoms with Gasteiger partial charge in [-0.3, -0.25) is 4.79 Å². The Morgan fingerprint density at radius 2 is 2.08 bits per heavy atom. The van der Waals surface area contributed by atoms with E-state index in [-0.39, 0.29) is 5.91 Å². The fourth-order valence-electron chi connectivity index (χ4n) is 2.31. The van der Waals surface area contributed by atoms with Gasteiger partial charge in [-0.2, -0.15) is 0 Å². The van der Waals surface area contributed by atoms with Crippen molar-refractivity contribution < 1.29 is 4.79 Å². The van der Waals surface area contributed by atoms with Crippen molar-refractivity contribution in [1.29, 1.82) is 0 Å². The van der Waals surface area contributed by atoms with E-state index in [1.54, 1.807) is 0 Å². The highest BCUT2D eigenvalue weighted by Gasteiger charge is 2.33. The maximum atomic E-state index is 11.5. The predicted molar refractivity (Wildman–Crippen MR) is 50.6 cm³/mol. The molecule has 3 heteroatoms. The highest BCUT2D eigenvalue weighted by Crippen LogP contribution is 2.38. The van der Waals surface area contributed by atoms with Gasteiger partial charge in [0.1, 0.15) is 0 Å². The Bertz CT molecular complexity index is 412. The second-order valence-corrected chi connectivity index (χ2v) is 3.66. The van der Waals surface area contributed by atoms with Crippen LogP contribution >= 0.6 is 0 Å². The quantitative estimate of drug-likeness (QED) is 0.589. The minimum Gasteiger partial charge on any atom is -0.399 e. The number of nitrogens with zero attached hydrogens (tertiary/aromatic N) is 1. The first-order valence-electron chi connectivity index (χ1n) is 4.47. The molecule has 1 aromatic carbocycles. The van der Waals surface area contributed by atoms with Gasteiger partial charge in [-0.25, -0.2) is 0 Å². The fourth-order valence-corrected chi connectivity index (χ4v) is 2.31. The second kappa shape index (κ2) is 2.05. The maximum absolute atomic E-state index is 11.5. The van der Waals surface area contributed by atoms with E-state index in [0.29, 0.717) is 6.42 Å². The number of hydrogen-bond donors (Lipinski definition) is 1. The van der Waals surface area contributed by atoms with E-state index in [9.17, 15) is 4.79 Å². The fraction of sp³-hybridized carbons (Fsp3) is 0.300. The third kappa shape index (κ3) is 0.763. The molecule has 2 heterocycles. The molecule has 0 radical (unpaired) electrons. The van der Waals surface area contributed by atoms with Gasteiger partial charge in [0.15, 0.2) is 0 Å². The molecular weight excluding hydrogens is 164 g/mol. The lowest BCUT2D eigenvalue weighted by Gasteiger charge is -2.08. The number of nitrogens with two attached hydrogens (primary N) is 1. The predicted octanol–water partition coefficient (Wildman–Crippen LogP) is 0.714. The summed E-state index contributed by atoms with van der Waals surface area (Å²) in [6, 6.07) is 3.90. The Morgan fingerprint density at radius 3 is 2.92 bits per heavy atom. The first-order chi connectivity index (χ1) is 6.25. The smallest absolute Gasteiger partial charge is 0.231 e. The highest BCUT2D eigenvalue weighted by atomic mass is 16.2. The number of rotatable bonds is 0. The number of nitrogen functional groups attached to an aromatic ring is 1. The lowest BCUT2D eigenvalue weighted by atomic mass is 10.1. The number of carbonyl (C=O) groups excluding carboxylic acids is 1. The SMILES string of the molecule is Nc1cc2c3c(c1)CC(=O)N3CC2. The number of benzene rings is 1. The number of hydrogen-bond acceptors (Lipinski definition) is 2. The van der Waals surface area contributed by atoms with Crippen molar-refractivity contribution in [3.8, 4) is 0 Å². The van der Waals surface area contributed by atoms with Crippen molar-refractivity contribution in [3.05, 3.63) is 23.3 Å². The molecule has 2 N–H and O–H groups in total. The monoisotopic (exact) mass is 174 g/mol. The molecule has 1 aromatic rings. The van der Waals surface area contributed by atoms with Gasteiger partial charge in [0.25, 0.3) is 0 Å². The average molecular weight is 174 g/mol. The van der Waals surface area contributed by atoms with Crippen LogP contribution in [0.1, 0.15) is 11.1 Å². The average Bonchev–Trinajstić information content (AvgIpc) is 2.58. The molecule has 0 spiro atoms. The summed E-state index contributed by atoms with van der Waals surface area (Å²) in [4.78, 5) is 13.4. The Balaban J connectivity index is 2.30. The highest BCUT2D eigenvalue weighted by molar-refractivity contribution is 6.04. The van der Waals surface area contributed by atoms with Crippen LogP contribution in [0.25, 0.3) is 0 Å². The van der Waals surface area contributed by atoms with E-state index in [1.165, 1.54) is 5.56 Å². The summed E-state index contributed by atoms with van der Waals surface area (Å²) in [5.74, 6) is 0.222. The molecule has 0 atom stereocenters. The zero-order valence-electron chi connectivity index (χ0n) is 7.21. The van der Waals surface area contributed by atoms with Crippen molar-refractivity contribution >= 4 is 17.3 Å². The van der Waals surface area contributed by atoms with Crippen LogP contribution in [0.15, 0.2) is 12.1 Å². The van der Waals surface area contributed by atoms with E-state index in [1.807, 2.05) is 17.0 Å². The second-order valence-electron chi connectivity index (χ2n) is 3.66. The normalized spacial score (nSPS) is 18.2. The summed E-state index contributed by atoms with van der Waals surface area (Å²) >= 11 is 0. The lowest BCUT2D eigenvalue weighted by Crippen LogP contribution is -2.24. The third-order valence-corrected chi connectivity index (χ3v) is 2.81. The van der Waals surface area contributed by atoms with E-state index < -0.39 is 0 Å². The van der Waals surface area contributed by atoms with Crippen LogP contribution in [0.5, 0.6) is 0 Å². The first-order valence-corrected chi connectivity index (χ1v) is 4.47.